The summed E-state index contributed by atoms with van der Waals surface area (Å²) in [5.41, 5.74) is -5.80. The van der Waals surface area contributed by atoms with Crippen LogP contribution in [0.4, 0.5) is 65.9 Å². The number of hydrogen-bond acceptors (Lipinski definition) is 4. The number of aliphatic hydroxyl groups is 2. The minimum Gasteiger partial charge on any atom is -0.390 e. The van der Waals surface area contributed by atoms with Crippen LogP contribution in [-0.4, -0.2) is 65.9 Å². The van der Waals surface area contributed by atoms with Gasteiger partial charge in [0.15, 0.2) is 5.41 Å². The molecule has 0 spiro atoms. The molecule has 0 aromatic heterocycles. The monoisotopic (exact) mass is 504 g/mol. The summed E-state index contributed by atoms with van der Waals surface area (Å²) in [6.07, 6.45) is -37.1. The summed E-state index contributed by atoms with van der Waals surface area (Å²) < 4.78 is 201. The third-order valence-electron chi connectivity index (χ3n) is 3.60. The zero-order chi connectivity index (χ0) is 25.5. The number of rotatable bonds is 11. The highest BCUT2D eigenvalue weighted by Gasteiger charge is 2.77. The van der Waals surface area contributed by atoms with Crippen LogP contribution in [0.3, 0.4) is 0 Å². The van der Waals surface area contributed by atoms with E-state index in [4.69, 9.17) is 10.2 Å². The van der Waals surface area contributed by atoms with Crippen molar-refractivity contribution in [2.24, 2.45) is 5.41 Å². The summed E-state index contributed by atoms with van der Waals surface area (Å²) in [6.45, 7) is -7.11. The van der Waals surface area contributed by atoms with E-state index in [0.717, 1.165) is 0 Å². The largest absolute Gasteiger partial charge is 0.426 e. The van der Waals surface area contributed by atoms with E-state index in [2.05, 4.69) is 9.47 Å². The third kappa shape index (κ3) is 5.98. The van der Waals surface area contributed by atoms with Crippen molar-refractivity contribution in [2.75, 3.05) is 13.2 Å². The van der Waals surface area contributed by atoms with Gasteiger partial charge in [-0.05, 0) is 6.92 Å². The Balaban J connectivity index is 6.55. The molecule has 0 atom stereocenters. The Labute approximate surface area is 161 Å². The van der Waals surface area contributed by atoms with Crippen LogP contribution < -0.4 is 0 Å². The lowest BCUT2D eigenvalue weighted by Crippen LogP contribution is -2.63. The van der Waals surface area contributed by atoms with Crippen molar-refractivity contribution in [1.82, 2.24) is 0 Å². The Bertz CT molecular complexity index is 574. The molecule has 0 amide bonds. The lowest BCUT2D eigenvalue weighted by Gasteiger charge is -2.44. The van der Waals surface area contributed by atoms with Gasteiger partial charge < -0.3 is 10.2 Å². The first kappa shape index (κ1) is 29.8. The predicted octanol–water partition coefficient (Wildman–Crippen LogP) is 4.60. The second kappa shape index (κ2) is 8.29. The van der Waals surface area contributed by atoms with Crippen molar-refractivity contribution >= 4 is 0 Å². The number of halogens is 15. The van der Waals surface area contributed by atoms with E-state index in [0.29, 0.717) is 0 Å². The van der Waals surface area contributed by atoms with Gasteiger partial charge in [-0.3, -0.25) is 0 Å². The maximum atomic E-state index is 14.0. The van der Waals surface area contributed by atoms with E-state index < -0.39 is 74.4 Å². The fraction of sp³-hybridized carbons (Fsp3) is 1.00. The summed E-state index contributed by atoms with van der Waals surface area (Å²) in [6, 6.07) is 0. The molecule has 0 aromatic carbocycles. The summed E-state index contributed by atoms with van der Waals surface area (Å²) in [5.74, 6) is -12.0. The maximum Gasteiger partial charge on any atom is 0.426 e. The van der Waals surface area contributed by atoms with E-state index in [1.165, 1.54) is 0 Å². The van der Waals surface area contributed by atoms with Crippen LogP contribution in [0.25, 0.3) is 0 Å². The minimum atomic E-state index is -6.85. The molecule has 0 aliphatic heterocycles. The lowest BCUT2D eigenvalue weighted by molar-refractivity contribution is -0.520. The van der Waals surface area contributed by atoms with Crippen LogP contribution in [0.15, 0.2) is 0 Å². The Kier molecular flexibility index (Phi) is 7.97. The lowest BCUT2D eigenvalue weighted by atomic mass is 9.83. The van der Waals surface area contributed by atoms with Crippen molar-refractivity contribution in [2.45, 2.75) is 55.8 Å². The first-order valence-corrected chi connectivity index (χ1v) is 7.20. The zero-order valence-corrected chi connectivity index (χ0v) is 14.5. The molecule has 0 radical (unpaired) electrons. The first-order chi connectivity index (χ1) is 13.2. The summed E-state index contributed by atoms with van der Waals surface area (Å²) >= 11 is 0. The van der Waals surface area contributed by atoms with E-state index >= 15 is 0 Å². The van der Waals surface area contributed by atoms with Gasteiger partial charge in [0.2, 0.25) is 0 Å². The van der Waals surface area contributed by atoms with Gasteiger partial charge in [0.05, 0.1) is 6.42 Å². The molecule has 0 aromatic rings. The molecule has 0 unspecified atom stereocenters. The van der Waals surface area contributed by atoms with Crippen LogP contribution in [0.1, 0.15) is 13.3 Å². The Morgan fingerprint density at radius 3 is 0.968 bits per heavy atom. The molecular weight excluding hydrogens is 493 g/mol. The van der Waals surface area contributed by atoms with Gasteiger partial charge in [0.1, 0.15) is 13.2 Å². The van der Waals surface area contributed by atoms with Gasteiger partial charge >= 0.3 is 42.5 Å². The highest BCUT2D eigenvalue weighted by atomic mass is 19.4. The van der Waals surface area contributed by atoms with Crippen molar-refractivity contribution < 1.29 is 85.5 Å². The van der Waals surface area contributed by atoms with Gasteiger partial charge in [-0.1, -0.05) is 0 Å². The highest BCUT2D eigenvalue weighted by Crippen LogP contribution is 2.59. The Morgan fingerprint density at radius 2 is 0.774 bits per heavy atom. The van der Waals surface area contributed by atoms with Crippen molar-refractivity contribution in [3.8, 4) is 0 Å². The number of alkyl halides is 15. The molecule has 0 saturated heterocycles. The SMILES string of the molecule is CC(CC(F)(F)F)(C(F)(F)OC(F)(F)C(F)(F)CO)C(F)(F)OC(F)(F)C(F)(F)CO. The van der Waals surface area contributed by atoms with Gasteiger partial charge in [-0.15, -0.1) is 0 Å². The normalized spacial score (nSPS) is 16.1. The molecule has 0 aliphatic carbocycles. The summed E-state index contributed by atoms with van der Waals surface area (Å²) in [4.78, 5) is 0. The third-order valence-corrected chi connectivity index (χ3v) is 3.60. The molecule has 31 heavy (non-hydrogen) atoms. The highest BCUT2D eigenvalue weighted by molar-refractivity contribution is 4.96. The Hall–Kier alpha value is -1.21. The van der Waals surface area contributed by atoms with Crippen molar-refractivity contribution in [3.63, 3.8) is 0 Å². The van der Waals surface area contributed by atoms with Crippen LogP contribution in [0.2, 0.25) is 0 Å². The molecule has 0 rings (SSSR count). The molecule has 0 saturated carbocycles. The number of ether oxygens (including phenoxy) is 2. The molecule has 0 bridgehead atoms. The minimum absolute atomic E-state index is 1.11. The van der Waals surface area contributed by atoms with Gasteiger partial charge in [-0.25, -0.2) is 9.47 Å². The molecule has 188 valence electrons. The smallest absolute Gasteiger partial charge is 0.390 e. The van der Waals surface area contributed by atoms with Crippen molar-refractivity contribution in [3.05, 3.63) is 0 Å². The van der Waals surface area contributed by atoms with Crippen LogP contribution in [0.5, 0.6) is 0 Å². The molecule has 0 aliphatic rings. The maximum absolute atomic E-state index is 14.0. The molecule has 0 fully saturated rings. The molecule has 0 heterocycles. The quantitative estimate of drug-likeness (QED) is 0.404. The first-order valence-electron chi connectivity index (χ1n) is 7.20. The van der Waals surface area contributed by atoms with Gasteiger partial charge in [0.25, 0.3) is 0 Å². The average molecular weight is 504 g/mol. The fourth-order valence-electron chi connectivity index (χ4n) is 1.66. The van der Waals surface area contributed by atoms with Gasteiger partial charge in [-0.2, -0.15) is 65.9 Å². The zero-order valence-electron chi connectivity index (χ0n) is 14.5. The predicted molar refractivity (Wildman–Crippen MR) is 64.8 cm³/mol. The Morgan fingerprint density at radius 1 is 0.516 bits per heavy atom. The average Bonchev–Trinajstić information content (AvgIpc) is 2.50. The van der Waals surface area contributed by atoms with Crippen LogP contribution in [0, 0.1) is 5.41 Å². The second-order valence-corrected chi connectivity index (χ2v) is 6.12. The van der Waals surface area contributed by atoms with E-state index in [1.54, 1.807) is 0 Å². The topological polar surface area (TPSA) is 58.9 Å². The second-order valence-electron chi connectivity index (χ2n) is 6.12. The summed E-state index contributed by atoms with van der Waals surface area (Å²) in [5, 5.41) is 16.1. The molecule has 4 nitrogen and oxygen atoms in total. The van der Waals surface area contributed by atoms with E-state index in [-0.39, 0.29) is 0 Å². The van der Waals surface area contributed by atoms with Crippen molar-refractivity contribution in [1.29, 1.82) is 0 Å². The molecule has 19 heteroatoms. The fourth-order valence-corrected chi connectivity index (χ4v) is 1.66. The van der Waals surface area contributed by atoms with Gasteiger partial charge in [0, 0.05) is 0 Å². The summed E-state index contributed by atoms with van der Waals surface area (Å²) in [7, 11) is 0. The van der Waals surface area contributed by atoms with Crippen LogP contribution in [-0.2, 0) is 9.47 Å². The number of aliphatic hydroxyl groups excluding tert-OH is 2. The standard InChI is InChI=1S/C12H11F15O4/c1-5(2-8(17,18)19,9(20,21)30-11(24,25)6(13,14)3-28)10(22,23)31-12(26,27)7(15,16)4-29/h28-29H,2-4H2,1H3. The molecular formula is C12H11F15O4. The van der Waals surface area contributed by atoms with Crippen LogP contribution >= 0.6 is 0 Å². The molecule has 2 N–H and O–H groups in total. The number of hydrogen-bond donors (Lipinski definition) is 2. The van der Waals surface area contributed by atoms with E-state index in [1.807, 2.05) is 0 Å². The van der Waals surface area contributed by atoms with E-state index in [9.17, 15) is 65.9 Å².